The Bertz CT molecular complexity index is 2900. The summed E-state index contributed by atoms with van der Waals surface area (Å²) >= 11 is 0. The van der Waals surface area contributed by atoms with Crippen LogP contribution >= 0.6 is 0 Å². The molecule has 1 aliphatic rings. The Morgan fingerprint density at radius 3 is 1.83 bits per heavy atom. The van der Waals surface area contributed by atoms with Crippen LogP contribution in [0.25, 0.3) is 89.0 Å². The number of aromatic nitrogens is 2. The molecule has 0 radical (unpaired) electrons. The van der Waals surface area contributed by atoms with Crippen molar-refractivity contribution in [1.29, 1.82) is 0 Å². The fourth-order valence-electron chi connectivity index (χ4n) is 7.89. The summed E-state index contributed by atoms with van der Waals surface area (Å²) in [6.07, 6.45) is 7.70. The number of hydrogen-bond donors (Lipinski definition) is 0. The molecule has 0 saturated carbocycles. The fourth-order valence-corrected chi connectivity index (χ4v) is 7.89. The van der Waals surface area contributed by atoms with Gasteiger partial charge in [-0.05, 0) is 96.4 Å². The molecule has 9 aromatic rings. The predicted octanol–water partition coefficient (Wildman–Crippen LogP) is 13.5. The normalized spacial score (nSPS) is 12.5. The topological polar surface area (TPSA) is 25.8 Å². The van der Waals surface area contributed by atoms with E-state index in [0.29, 0.717) is 5.82 Å². The molecule has 1 aromatic heterocycles. The summed E-state index contributed by atoms with van der Waals surface area (Å²) in [7, 11) is 0. The number of benzene rings is 8. The first-order valence-corrected chi connectivity index (χ1v) is 18.2. The van der Waals surface area contributed by atoms with Crippen LogP contribution < -0.4 is 0 Å². The molecule has 0 spiro atoms. The molecule has 2 heteroatoms. The third-order valence-electron chi connectivity index (χ3n) is 10.5. The lowest BCUT2D eigenvalue weighted by Gasteiger charge is -2.16. The Kier molecular flexibility index (Phi) is 7.58. The first-order chi connectivity index (χ1) is 26.3. The van der Waals surface area contributed by atoms with E-state index in [1.54, 1.807) is 0 Å². The molecule has 1 aliphatic carbocycles. The van der Waals surface area contributed by atoms with E-state index in [0.717, 1.165) is 34.5 Å². The zero-order valence-corrected chi connectivity index (χ0v) is 29.1. The summed E-state index contributed by atoms with van der Waals surface area (Å²) in [4.78, 5) is 10.4. The molecule has 0 unspecified atom stereocenters. The maximum atomic E-state index is 5.23. The lowest BCUT2D eigenvalue weighted by atomic mass is 9.90. The summed E-state index contributed by atoms with van der Waals surface area (Å²) in [6, 6.07) is 63.0. The molecule has 248 valence electrons. The minimum absolute atomic E-state index is 0.714. The van der Waals surface area contributed by atoms with Gasteiger partial charge in [-0.15, -0.1) is 0 Å². The highest BCUT2D eigenvalue weighted by atomic mass is 14.9. The largest absolute Gasteiger partial charge is 0.228 e. The molecule has 53 heavy (non-hydrogen) atoms. The van der Waals surface area contributed by atoms with Crippen molar-refractivity contribution in [1.82, 2.24) is 9.97 Å². The average Bonchev–Trinajstić information content (AvgIpc) is 3.46. The van der Waals surface area contributed by atoms with Gasteiger partial charge in [0.05, 0.1) is 11.4 Å². The summed E-state index contributed by atoms with van der Waals surface area (Å²) in [5.74, 6) is 0.714. The van der Waals surface area contributed by atoms with Gasteiger partial charge < -0.3 is 0 Å². The van der Waals surface area contributed by atoms with Gasteiger partial charge in [0, 0.05) is 16.7 Å². The van der Waals surface area contributed by atoms with Crippen molar-refractivity contribution in [2.75, 3.05) is 0 Å². The Labute approximate surface area is 309 Å². The molecule has 0 aliphatic heterocycles. The third kappa shape index (κ3) is 5.62. The van der Waals surface area contributed by atoms with Crippen LogP contribution in [0.15, 0.2) is 188 Å². The molecule has 0 fully saturated rings. The zero-order chi connectivity index (χ0) is 35.1. The second kappa shape index (κ2) is 13.0. The summed E-state index contributed by atoms with van der Waals surface area (Å²) in [5, 5.41) is 7.45. The van der Waals surface area contributed by atoms with Gasteiger partial charge in [-0.25, -0.2) is 9.97 Å². The molecular formula is C51H34N2. The van der Waals surface area contributed by atoms with E-state index in [4.69, 9.17) is 9.97 Å². The maximum absolute atomic E-state index is 5.23. The van der Waals surface area contributed by atoms with E-state index in [9.17, 15) is 0 Å². The molecule has 1 heterocycles. The molecule has 0 atom stereocenters. The van der Waals surface area contributed by atoms with Crippen LogP contribution in [0.4, 0.5) is 0 Å². The Morgan fingerprint density at radius 1 is 0.377 bits per heavy atom. The van der Waals surface area contributed by atoms with Gasteiger partial charge >= 0.3 is 0 Å². The van der Waals surface area contributed by atoms with Gasteiger partial charge in [0.1, 0.15) is 0 Å². The van der Waals surface area contributed by atoms with E-state index in [1.807, 2.05) is 18.2 Å². The minimum Gasteiger partial charge on any atom is -0.228 e. The Balaban J connectivity index is 1.10. The van der Waals surface area contributed by atoms with Crippen LogP contribution in [0, 0.1) is 0 Å². The zero-order valence-electron chi connectivity index (χ0n) is 29.1. The lowest BCUT2D eigenvalue weighted by molar-refractivity contribution is 1.18. The monoisotopic (exact) mass is 674 g/mol. The predicted molar refractivity (Wildman–Crippen MR) is 223 cm³/mol. The summed E-state index contributed by atoms with van der Waals surface area (Å²) < 4.78 is 0. The fraction of sp³-hybridized carbons (Fsp3) is 0.0196. The molecule has 0 N–H and O–H groups in total. The number of fused-ring (bicyclic) bond motifs is 5. The molecule has 0 amide bonds. The highest BCUT2D eigenvalue weighted by molar-refractivity contribution is 6.14. The molecule has 8 aromatic carbocycles. The molecular weight excluding hydrogens is 641 g/mol. The molecule has 0 saturated heterocycles. The standard InChI is InChI=1S/C51H34N2/c1-3-14-34(15-4-1)41-19-9-10-22-45-44(41)24-13-25-47(45)50-33-49(52-51(53-50)35-16-5-2-6-17-35)40-29-27-36-30-39(28-26-37(36)31-40)48-32-38-18-7-8-20-42(38)43-21-11-12-23-46(43)48/h1-8,10-33H,9H2. The van der Waals surface area contributed by atoms with Gasteiger partial charge in [0.25, 0.3) is 0 Å². The quantitative estimate of drug-likeness (QED) is 0.170. The van der Waals surface area contributed by atoms with Crippen molar-refractivity contribution in [3.8, 4) is 45.0 Å². The van der Waals surface area contributed by atoms with E-state index in [2.05, 4.69) is 176 Å². The Hall–Kier alpha value is -6.90. The van der Waals surface area contributed by atoms with Crippen LogP contribution in [0.3, 0.4) is 0 Å². The molecule has 10 rings (SSSR count). The molecule has 2 nitrogen and oxygen atoms in total. The molecule has 0 bridgehead atoms. The smallest absolute Gasteiger partial charge is 0.160 e. The van der Waals surface area contributed by atoms with E-state index < -0.39 is 0 Å². The van der Waals surface area contributed by atoms with Gasteiger partial charge in [-0.3, -0.25) is 0 Å². The van der Waals surface area contributed by atoms with Gasteiger partial charge in [-0.1, -0.05) is 170 Å². The second-order valence-corrected chi connectivity index (χ2v) is 13.7. The number of allylic oxidation sites excluding steroid dienone is 2. The first kappa shape index (κ1) is 30.9. The van der Waals surface area contributed by atoms with Crippen LogP contribution in [0.5, 0.6) is 0 Å². The maximum Gasteiger partial charge on any atom is 0.160 e. The van der Waals surface area contributed by atoms with E-state index >= 15 is 0 Å². The third-order valence-corrected chi connectivity index (χ3v) is 10.5. The van der Waals surface area contributed by atoms with Gasteiger partial charge in [0.2, 0.25) is 0 Å². The van der Waals surface area contributed by atoms with Crippen LogP contribution in [-0.2, 0) is 0 Å². The SMILES string of the molecule is C1=Cc2c(cccc2-c2cc(-c3ccc4cc(-c5cc6ccccc6c6ccccc56)ccc4c3)nc(-c3ccccc3)n2)C(c2ccccc2)=CC1. The van der Waals surface area contributed by atoms with Crippen molar-refractivity contribution in [3.05, 3.63) is 205 Å². The number of hydrogen-bond acceptors (Lipinski definition) is 2. The van der Waals surface area contributed by atoms with Crippen LogP contribution in [-0.4, -0.2) is 9.97 Å². The lowest BCUT2D eigenvalue weighted by Crippen LogP contribution is -1.99. The highest BCUT2D eigenvalue weighted by Gasteiger charge is 2.18. The van der Waals surface area contributed by atoms with Crippen molar-refractivity contribution in [2.45, 2.75) is 6.42 Å². The minimum atomic E-state index is 0.714. The van der Waals surface area contributed by atoms with E-state index in [1.165, 1.54) is 65.7 Å². The van der Waals surface area contributed by atoms with Crippen molar-refractivity contribution >= 4 is 44.0 Å². The highest BCUT2D eigenvalue weighted by Crippen LogP contribution is 2.39. The van der Waals surface area contributed by atoms with E-state index in [-0.39, 0.29) is 0 Å². The summed E-state index contributed by atoms with van der Waals surface area (Å²) in [6.45, 7) is 0. The average molecular weight is 675 g/mol. The second-order valence-electron chi connectivity index (χ2n) is 13.7. The van der Waals surface area contributed by atoms with Crippen molar-refractivity contribution in [3.63, 3.8) is 0 Å². The van der Waals surface area contributed by atoms with Crippen LogP contribution in [0.2, 0.25) is 0 Å². The first-order valence-electron chi connectivity index (χ1n) is 18.2. The summed E-state index contributed by atoms with van der Waals surface area (Å²) in [5.41, 5.74) is 12.3. The van der Waals surface area contributed by atoms with Crippen molar-refractivity contribution < 1.29 is 0 Å². The number of rotatable bonds is 5. The Morgan fingerprint density at radius 2 is 1.02 bits per heavy atom. The van der Waals surface area contributed by atoms with Gasteiger partial charge in [0.15, 0.2) is 5.82 Å². The van der Waals surface area contributed by atoms with Crippen molar-refractivity contribution in [2.24, 2.45) is 0 Å². The van der Waals surface area contributed by atoms with Gasteiger partial charge in [-0.2, -0.15) is 0 Å². The number of nitrogens with zero attached hydrogens (tertiary/aromatic N) is 2. The van der Waals surface area contributed by atoms with Crippen LogP contribution in [0.1, 0.15) is 23.1 Å².